The highest BCUT2D eigenvalue weighted by atomic mass is 16.4. The van der Waals surface area contributed by atoms with Crippen LogP contribution < -0.4 is 5.32 Å². The van der Waals surface area contributed by atoms with Crippen LogP contribution in [-0.4, -0.2) is 27.0 Å². The van der Waals surface area contributed by atoms with Gasteiger partial charge in [0.2, 0.25) is 0 Å². The van der Waals surface area contributed by atoms with Crippen molar-refractivity contribution in [2.75, 3.05) is 5.32 Å². The Bertz CT molecular complexity index is 621. The molecule has 0 atom stereocenters. The molecule has 0 aliphatic rings. The van der Waals surface area contributed by atoms with E-state index < -0.39 is 11.9 Å². The predicted molar refractivity (Wildman–Crippen MR) is 65.0 cm³/mol. The smallest absolute Gasteiger partial charge is 0.358 e. The number of aromatic nitrogens is 2. The van der Waals surface area contributed by atoms with Crippen LogP contribution in [0.1, 0.15) is 33.7 Å². The number of carboxylic acids is 1. The molecule has 0 unspecified atom stereocenters. The molecule has 0 bridgehead atoms. The van der Waals surface area contributed by atoms with Crippen molar-refractivity contribution in [3.8, 4) is 0 Å². The van der Waals surface area contributed by atoms with Gasteiger partial charge in [0.1, 0.15) is 5.76 Å². The molecule has 2 N–H and O–H groups in total. The lowest BCUT2D eigenvalue weighted by Crippen LogP contribution is -2.16. The SMILES string of the molecule is CCc1ccc(C(=O)Nc2nccnc2C(=O)O)o1. The predicted octanol–water partition coefficient (Wildman–Crippen LogP) is 1.58. The molecule has 0 aliphatic carbocycles. The molecule has 0 aromatic carbocycles. The molecule has 0 spiro atoms. The van der Waals surface area contributed by atoms with Gasteiger partial charge in [-0.25, -0.2) is 14.8 Å². The van der Waals surface area contributed by atoms with Crippen LogP contribution >= 0.6 is 0 Å². The first-order valence-electron chi connectivity index (χ1n) is 5.56. The fraction of sp³-hybridized carbons (Fsp3) is 0.167. The average Bonchev–Trinajstić information content (AvgIpc) is 2.88. The summed E-state index contributed by atoms with van der Waals surface area (Å²) in [5.41, 5.74) is -0.321. The van der Waals surface area contributed by atoms with E-state index in [9.17, 15) is 9.59 Å². The number of nitrogens with one attached hydrogen (secondary N) is 1. The normalized spacial score (nSPS) is 10.2. The van der Waals surface area contributed by atoms with Gasteiger partial charge in [-0.3, -0.25) is 4.79 Å². The van der Waals surface area contributed by atoms with Gasteiger partial charge >= 0.3 is 5.97 Å². The summed E-state index contributed by atoms with van der Waals surface area (Å²) in [7, 11) is 0. The third-order valence-corrected chi connectivity index (χ3v) is 2.37. The summed E-state index contributed by atoms with van der Waals surface area (Å²) in [6.45, 7) is 1.89. The van der Waals surface area contributed by atoms with E-state index in [4.69, 9.17) is 9.52 Å². The van der Waals surface area contributed by atoms with Gasteiger partial charge in [-0.05, 0) is 12.1 Å². The Kier molecular flexibility index (Phi) is 3.56. The number of hydrogen-bond donors (Lipinski definition) is 2. The van der Waals surface area contributed by atoms with E-state index in [1.807, 2.05) is 6.92 Å². The first-order chi connectivity index (χ1) is 9.11. The van der Waals surface area contributed by atoms with E-state index in [2.05, 4.69) is 15.3 Å². The molecule has 98 valence electrons. The number of anilines is 1. The maximum Gasteiger partial charge on any atom is 0.358 e. The first-order valence-corrected chi connectivity index (χ1v) is 5.56. The maximum atomic E-state index is 11.9. The highest BCUT2D eigenvalue weighted by Gasteiger charge is 2.17. The highest BCUT2D eigenvalue weighted by molar-refractivity contribution is 6.04. The van der Waals surface area contributed by atoms with Crippen LogP contribution in [0, 0.1) is 0 Å². The number of nitrogens with zero attached hydrogens (tertiary/aromatic N) is 2. The number of rotatable bonds is 4. The Labute approximate surface area is 108 Å². The molecule has 2 rings (SSSR count). The minimum atomic E-state index is -1.27. The van der Waals surface area contributed by atoms with Crippen molar-refractivity contribution in [3.05, 3.63) is 41.7 Å². The van der Waals surface area contributed by atoms with E-state index in [-0.39, 0.29) is 17.3 Å². The number of amides is 1. The number of aryl methyl sites for hydroxylation is 1. The molecule has 2 aromatic heterocycles. The fourth-order valence-electron chi connectivity index (χ4n) is 1.45. The van der Waals surface area contributed by atoms with Crippen molar-refractivity contribution < 1.29 is 19.1 Å². The van der Waals surface area contributed by atoms with Crippen LogP contribution in [0.5, 0.6) is 0 Å². The van der Waals surface area contributed by atoms with Crippen LogP contribution in [-0.2, 0) is 6.42 Å². The zero-order valence-corrected chi connectivity index (χ0v) is 10.1. The summed E-state index contributed by atoms with van der Waals surface area (Å²) >= 11 is 0. The molecule has 0 radical (unpaired) electrons. The second-order valence-electron chi connectivity index (χ2n) is 3.63. The molecule has 0 fully saturated rings. The topological polar surface area (TPSA) is 105 Å². The van der Waals surface area contributed by atoms with Crippen LogP contribution in [0.4, 0.5) is 5.82 Å². The van der Waals surface area contributed by atoms with Crippen LogP contribution in [0.2, 0.25) is 0 Å². The van der Waals surface area contributed by atoms with Crippen molar-refractivity contribution in [2.24, 2.45) is 0 Å². The average molecular weight is 261 g/mol. The van der Waals surface area contributed by atoms with E-state index in [1.54, 1.807) is 6.07 Å². The summed E-state index contributed by atoms with van der Waals surface area (Å²) in [5, 5.41) is 11.3. The van der Waals surface area contributed by atoms with Gasteiger partial charge in [0.05, 0.1) is 0 Å². The maximum absolute atomic E-state index is 11.9. The van der Waals surface area contributed by atoms with Gasteiger partial charge in [0, 0.05) is 18.8 Å². The molecular formula is C12H11N3O4. The summed E-state index contributed by atoms with van der Waals surface area (Å²) in [4.78, 5) is 30.2. The Morgan fingerprint density at radius 3 is 2.68 bits per heavy atom. The molecule has 2 aromatic rings. The zero-order chi connectivity index (χ0) is 13.8. The molecule has 7 heteroatoms. The Morgan fingerprint density at radius 1 is 1.32 bits per heavy atom. The third-order valence-electron chi connectivity index (χ3n) is 2.37. The number of aromatic carboxylic acids is 1. The first kappa shape index (κ1) is 12.7. The summed E-state index contributed by atoms with van der Waals surface area (Å²) in [6, 6.07) is 3.20. The van der Waals surface area contributed by atoms with Crippen molar-refractivity contribution in [1.29, 1.82) is 0 Å². The lowest BCUT2D eigenvalue weighted by Gasteiger charge is -2.04. The van der Waals surface area contributed by atoms with Crippen LogP contribution in [0.25, 0.3) is 0 Å². The minimum Gasteiger partial charge on any atom is -0.476 e. The number of hydrogen-bond acceptors (Lipinski definition) is 5. The van der Waals surface area contributed by atoms with Gasteiger partial charge in [-0.1, -0.05) is 6.92 Å². The molecule has 0 aliphatic heterocycles. The van der Waals surface area contributed by atoms with E-state index in [1.165, 1.54) is 18.5 Å². The third kappa shape index (κ3) is 2.76. The summed E-state index contributed by atoms with van der Waals surface area (Å²) in [5.74, 6) is -1.18. The van der Waals surface area contributed by atoms with Gasteiger partial charge in [-0.15, -0.1) is 0 Å². The van der Waals surface area contributed by atoms with E-state index >= 15 is 0 Å². The minimum absolute atomic E-state index is 0.0961. The Morgan fingerprint density at radius 2 is 2.05 bits per heavy atom. The molecule has 2 heterocycles. The Hall–Kier alpha value is -2.70. The number of carboxylic acid groups (broad SMARTS) is 1. The van der Waals surface area contributed by atoms with Gasteiger partial charge < -0.3 is 14.8 Å². The second-order valence-corrected chi connectivity index (χ2v) is 3.63. The van der Waals surface area contributed by atoms with Crippen molar-refractivity contribution in [1.82, 2.24) is 9.97 Å². The lowest BCUT2D eigenvalue weighted by molar-refractivity contribution is 0.0691. The molecule has 19 heavy (non-hydrogen) atoms. The number of carbonyl (C=O) groups excluding carboxylic acids is 1. The zero-order valence-electron chi connectivity index (χ0n) is 10.1. The largest absolute Gasteiger partial charge is 0.476 e. The molecule has 0 saturated heterocycles. The molecule has 7 nitrogen and oxygen atoms in total. The van der Waals surface area contributed by atoms with Crippen LogP contribution in [0.3, 0.4) is 0 Å². The quantitative estimate of drug-likeness (QED) is 0.865. The van der Waals surface area contributed by atoms with Gasteiger partial charge in [0.15, 0.2) is 17.3 Å². The molecule has 0 saturated carbocycles. The van der Waals surface area contributed by atoms with Gasteiger partial charge in [-0.2, -0.15) is 0 Å². The molecule has 1 amide bonds. The van der Waals surface area contributed by atoms with Crippen LogP contribution in [0.15, 0.2) is 28.9 Å². The Balaban J connectivity index is 2.21. The van der Waals surface area contributed by atoms with Crippen molar-refractivity contribution in [2.45, 2.75) is 13.3 Å². The van der Waals surface area contributed by atoms with Crippen molar-refractivity contribution in [3.63, 3.8) is 0 Å². The van der Waals surface area contributed by atoms with Crippen molar-refractivity contribution >= 4 is 17.7 Å². The van der Waals surface area contributed by atoms with Gasteiger partial charge in [0.25, 0.3) is 5.91 Å². The summed E-state index contributed by atoms with van der Waals surface area (Å²) in [6.07, 6.45) is 3.20. The fourth-order valence-corrected chi connectivity index (χ4v) is 1.45. The highest BCUT2D eigenvalue weighted by Crippen LogP contribution is 2.13. The monoisotopic (exact) mass is 261 g/mol. The second kappa shape index (κ2) is 5.30. The standard InChI is InChI=1S/C12H11N3O4/c1-2-7-3-4-8(19-7)11(16)15-10-9(12(17)18)13-5-6-14-10/h3-6H,2H2,1H3,(H,17,18)(H,14,15,16). The summed E-state index contributed by atoms with van der Waals surface area (Å²) < 4.78 is 5.26. The lowest BCUT2D eigenvalue weighted by atomic mass is 10.3. The number of carbonyl (C=O) groups is 2. The van der Waals surface area contributed by atoms with E-state index in [0.717, 1.165) is 0 Å². The van der Waals surface area contributed by atoms with E-state index in [0.29, 0.717) is 12.2 Å². The number of furan rings is 1. The molecular weight excluding hydrogens is 250 g/mol.